The molecule has 124 valence electrons. The number of nitrogens with zero attached hydrogens (tertiary/aromatic N) is 1. The minimum Gasteiger partial charge on any atom is -0.354 e. The Labute approximate surface area is 133 Å². The van der Waals surface area contributed by atoms with Gasteiger partial charge in [-0.15, -0.1) is 0 Å². The summed E-state index contributed by atoms with van der Waals surface area (Å²) in [5, 5.41) is 2.96. The van der Waals surface area contributed by atoms with E-state index in [0.29, 0.717) is 12.8 Å². The Morgan fingerprint density at radius 3 is 2.32 bits per heavy atom. The van der Waals surface area contributed by atoms with Crippen LogP contribution in [0.15, 0.2) is 29.2 Å². The third-order valence-electron chi connectivity index (χ3n) is 3.47. The van der Waals surface area contributed by atoms with Gasteiger partial charge in [0.1, 0.15) is 0 Å². The minimum absolute atomic E-state index is 0.0333. The molecule has 0 spiro atoms. The van der Waals surface area contributed by atoms with E-state index < -0.39 is 10.0 Å². The Bertz CT molecular complexity index is 580. The average molecular weight is 326 g/mol. The van der Waals surface area contributed by atoms with Gasteiger partial charge in [0.25, 0.3) is 0 Å². The molecular formula is C16H26N2O3S. The largest absolute Gasteiger partial charge is 0.354 e. The molecule has 1 aromatic carbocycles. The smallest absolute Gasteiger partial charge is 0.242 e. The van der Waals surface area contributed by atoms with Crippen LogP contribution >= 0.6 is 0 Å². The third kappa shape index (κ3) is 5.42. The van der Waals surface area contributed by atoms with Gasteiger partial charge in [0.2, 0.25) is 15.9 Å². The van der Waals surface area contributed by atoms with Crippen LogP contribution in [0.3, 0.4) is 0 Å². The molecule has 0 aliphatic rings. The molecule has 0 bridgehead atoms. The summed E-state index contributed by atoms with van der Waals surface area (Å²) in [5.74, 6) is 0.0333. The topological polar surface area (TPSA) is 66.5 Å². The second-order valence-electron chi connectivity index (χ2n) is 5.69. The minimum atomic E-state index is -3.39. The first kappa shape index (κ1) is 18.6. The number of amides is 1. The Morgan fingerprint density at radius 2 is 1.82 bits per heavy atom. The quantitative estimate of drug-likeness (QED) is 0.796. The van der Waals surface area contributed by atoms with Crippen molar-refractivity contribution >= 4 is 15.9 Å². The lowest BCUT2D eigenvalue weighted by Crippen LogP contribution is -2.32. The van der Waals surface area contributed by atoms with Crippen LogP contribution < -0.4 is 5.32 Å². The number of carbonyl (C=O) groups excluding carboxylic acids is 1. The zero-order valence-corrected chi connectivity index (χ0v) is 14.6. The van der Waals surface area contributed by atoms with Crippen LogP contribution in [0.4, 0.5) is 0 Å². The summed E-state index contributed by atoms with van der Waals surface area (Å²) in [4.78, 5) is 12.1. The van der Waals surface area contributed by atoms with Crippen LogP contribution in [0, 0.1) is 0 Å². The van der Waals surface area contributed by atoms with Gasteiger partial charge in [-0.1, -0.05) is 25.5 Å². The molecule has 1 rings (SSSR count). The van der Waals surface area contributed by atoms with E-state index in [0.717, 1.165) is 18.4 Å². The number of rotatable bonds is 8. The molecule has 0 aromatic heterocycles. The van der Waals surface area contributed by atoms with Crippen LogP contribution in [-0.4, -0.2) is 38.8 Å². The van der Waals surface area contributed by atoms with Gasteiger partial charge in [-0.2, -0.15) is 0 Å². The summed E-state index contributed by atoms with van der Waals surface area (Å²) in [6.07, 6.45) is 3.03. The molecule has 0 saturated heterocycles. The van der Waals surface area contributed by atoms with E-state index >= 15 is 0 Å². The van der Waals surface area contributed by atoms with Crippen molar-refractivity contribution in [1.29, 1.82) is 0 Å². The Hall–Kier alpha value is -1.40. The molecule has 0 heterocycles. The highest BCUT2D eigenvalue weighted by molar-refractivity contribution is 7.89. The zero-order chi connectivity index (χ0) is 16.8. The lowest BCUT2D eigenvalue weighted by molar-refractivity contribution is -0.121. The normalized spacial score (nSPS) is 13.1. The fourth-order valence-electron chi connectivity index (χ4n) is 2.15. The molecule has 1 amide bonds. The first-order chi connectivity index (χ1) is 10.3. The first-order valence-electron chi connectivity index (χ1n) is 7.58. The van der Waals surface area contributed by atoms with Crippen molar-refractivity contribution in [3.05, 3.63) is 29.8 Å². The zero-order valence-electron chi connectivity index (χ0n) is 13.8. The summed E-state index contributed by atoms with van der Waals surface area (Å²) < 4.78 is 25.1. The number of carbonyl (C=O) groups is 1. The molecule has 1 atom stereocenters. The van der Waals surface area contributed by atoms with E-state index in [9.17, 15) is 13.2 Å². The van der Waals surface area contributed by atoms with E-state index in [1.54, 1.807) is 24.3 Å². The number of hydrogen-bond donors (Lipinski definition) is 1. The summed E-state index contributed by atoms with van der Waals surface area (Å²) in [7, 11) is -0.383. The maximum Gasteiger partial charge on any atom is 0.242 e. The molecule has 0 aliphatic heterocycles. The monoisotopic (exact) mass is 326 g/mol. The maximum absolute atomic E-state index is 12.0. The van der Waals surface area contributed by atoms with E-state index in [1.165, 1.54) is 18.4 Å². The van der Waals surface area contributed by atoms with Crippen molar-refractivity contribution in [2.45, 2.75) is 50.5 Å². The molecule has 0 radical (unpaired) electrons. The van der Waals surface area contributed by atoms with Gasteiger partial charge in [-0.25, -0.2) is 12.7 Å². The van der Waals surface area contributed by atoms with Crippen molar-refractivity contribution in [3.63, 3.8) is 0 Å². The van der Waals surface area contributed by atoms with Crippen LogP contribution in [0.25, 0.3) is 0 Å². The second kappa shape index (κ2) is 8.29. The van der Waals surface area contributed by atoms with E-state index in [2.05, 4.69) is 12.2 Å². The highest BCUT2D eigenvalue weighted by atomic mass is 32.2. The van der Waals surface area contributed by atoms with Gasteiger partial charge in [0, 0.05) is 26.6 Å². The lowest BCUT2D eigenvalue weighted by Gasteiger charge is -2.13. The van der Waals surface area contributed by atoms with E-state index in [-0.39, 0.29) is 16.8 Å². The summed E-state index contributed by atoms with van der Waals surface area (Å²) in [5.41, 5.74) is 0.955. The van der Waals surface area contributed by atoms with Gasteiger partial charge >= 0.3 is 0 Å². The molecule has 0 unspecified atom stereocenters. The highest BCUT2D eigenvalue weighted by Crippen LogP contribution is 2.14. The standard InChI is InChI=1S/C16H26N2O3S/c1-5-6-13(2)17-16(19)12-9-14-7-10-15(11-8-14)22(20,21)18(3)4/h7-8,10-11,13H,5-6,9,12H2,1-4H3,(H,17,19)/t13-/m0/s1. The molecule has 5 nitrogen and oxygen atoms in total. The van der Waals surface area contributed by atoms with Gasteiger partial charge in [0.05, 0.1) is 4.90 Å². The molecule has 1 aromatic rings. The van der Waals surface area contributed by atoms with Crippen molar-refractivity contribution < 1.29 is 13.2 Å². The molecule has 22 heavy (non-hydrogen) atoms. The second-order valence-corrected chi connectivity index (χ2v) is 7.84. The van der Waals surface area contributed by atoms with Crippen LogP contribution in [0.5, 0.6) is 0 Å². The van der Waals surface area contributed by atoms with E-state index in [1.807, 2.05) is 6.92 Å². The summed E-state index contributed by atoms with van der Waals surface area (Å²) in [6.45, 7) is 4.09. The van der Waals surface area contributed by atoms with Crippen molar-refractivity contribution in [2.75, 3.05) is 14.1 Å². The molecule has 0 aliphatic carbocycles. The predicted octanol–water partition coefficient (Wildman–Crippen LogP) is 2.17. The van der Waals surface area contributed by atoms with Gasteiger partial charge in [0.15, 0.2) is 0 Å². The summed E-state index contributed by atoms with van der Waals surface area (Å²) in [6, 6.07) is 6.90. The Kier molecular flexibility index (Phi) is 7.03. The third-order valence-corrected chi connectivity index (χ3v) is 5.30. The fraction of sp³-hybridized carbons (Fsp3) is 0.562. The number of aryl methyl sites for hydroxylation is 1. The van der Waals surface area contributed by atoms with Crippen LogP contribution in [0.1, 0.15) is 38.7 Å². The van der Waals surface area contributed by atoms with Crippen molar-refractivity contribution in [1.82, 2.24) is 9.62 Å². The van der Waals surface area contributed by atoms with Crippen LogP contribution in [0.2, 0.25) is 0 Å². The predicted molar refractivity (Wildman–Crippen MR) is 88.1 cm³/mol. The highest BCUT2D eigenvalue weighted by Gasteiger charge is 2.16. The maximum atomic E-state index is 12.0. The molecule has 6 heteroatoms. The molecular weight excluding hydrogens is 300 g/mol. The molecule has 1 N–H and O–H groups in total. The SMILES string of the molecule is CCC[C@H](C)NC(=O)CCc1ccc(S(=O)(=O)N(C)C)cc1. The number of hydrogen-bond acceptors (Lipinski definition) is 3. The number of sulfonamides is 1. The van der Waals surface area contributed by atoms with Crippen molar-refractivity contribution in [3.8, 4) is 0 Å². The van der Waals surface area contributed by atoms with Crippen LogP contribution in [-0.2, 0) is 21.2 Å². The van der Waals surface area contributed by atoms with Gasteiger partial charge in [-0.05, 0) is 37.5 Å². The lowest BCUT2D eigenvalue weighted by atomic mass is 10.1. The molecule has 0 saturated carbocycles. The van der Waals surface area contributed by atoms with Gasteiger partial charge in [-0.3, -0.25) is 4.79 Å². The summed E-state index contributed by atoms with van der Waals surface area (Å²) >= 11 is 0. The Balaban J connectivity index is 2.57. The van der Waals surface area contributed by atoms with E-state index in [4.69, 9.17) is 0 Å². The number of benzene rings is 1. The fourth-order valence-corrected chi connectivity index (χ4v) is 3.05. The van der Waals surface area contributed by atoms with Crippen molar-refractivity contribution in [2.24, 2.45) is 0 Å². The number of nitrogens with one attached hydrogen (secondary N) is 1. The van der Waals surface area contributed by atoms with Gasteiger partial charge < -0.3 is 5.32 Å². The molecule has 0 fully saturated rings. The first-order valence-corrected chi connectivity index (χ1v) is 9.02. The average Bonchev–Trinajstić information content (AvgIpc) is 2.45. The Morgan fingerprint density at radius 1 is 1.23 bits per heavy atom.